The fourth-order valence-electron chi connectivity index (χ4n) is 2.65. The van der Waals surface area contributed by atoms with E-state index in [4.69, 9.17) is 0 Å². The van der Waals surface area contributed by atoms with Crippen LogP contribution in [-0.4, -0.2) is 25.5 Å². The maximum atomic E-state index is 13.8. The molecule has 1 N–H and O–H groups in total. The van der Waals surface area contributed by atoms with Gasteiger partial charge in [-0.3, -0.25) is 4.79 Å². The Morgan fingerprint density at radius 2 is 2.00 bits per heavy atom. The van der Waals surface area contributed by atoms with E-state index in [1.807, 2.05) is 19.9 Å². The van der Waals surface area contributed by atoms with E-state index in [1.165, 1.54) is 6.07 Å². The van der Waals surface area contributed by atoms with Crippen molar-refractivity contribution in [1.82, 2.24) is 24.9 Å². The number of benzene rings is 1. The summed E-state index contributed by atoms with van der Waals surface area (Å²) in [4.78, 5) is 20.7. The molecular formula is C17H17F2N5O. The summed E-state index contributed by atoms with van der Waals surface area (Å²) in [7, 11) is 0. The Morgan fingerprint density at radius 3 is 2.72 bits per heavy atom. The summed E-state index contributed by atoms with van der Waals surface area (Å²) in [6.45, 7) is 5.35. The average molecular weight is 345 g/mol. The predicted octanol–water partition coefficient (Wildman–Crippen LogP) is 2.44. The Kier molecular flexibility index (Phi) is 4.43. The van der Waals surface area contributed by atoms with Crippen LogP contribution in [0.4, 0.5) is 8.78 Å². The van der Waals surface area contributed by atoms with Gasteiger partial charge in [-0.05, 0) is 32.9 Å². The third-order valence-electron chi connectivity index (χ3n) is 3.79. The first kappa shape index (κ1) is 16.9. The summed E-state index contributed by atoms with van der Waals surface area (Å²) in [5.74, 6) is -0.967. The molecule has 0 aliphatic heterocycles. The van der Waals surface area contributed by atoms with Gasteiger partial charge in [-0.15, -0.1) is 5.10 Å². The SMILES string of the molecule is Cc1cc(C)n2nc(CC(=O)NC(C)c3ccc(F)cc3F)nc2n1. The van der Waals surface area contributed by atoms with E-state index in [0.717, 1.165) is 23.5 Å². The molecule has 8 heteroatoms. The highest BCUT2D eigenvalue weighted by atomic mass is 19.1. The van der Waals surface area contributed by atoms with Crippen LogP contribution in [0.3, 0.4) is 0 Å². The summed E-state index contributed by atoms with van der Waals surface area (Å²) in [5.41, 5.74) is 1.89. The molecule has 2 aromatic heterocycles. The van der Waals surface area contributed by atoms with E-state index >= 15 is 0 Å². The smallest absolute Gasteiger partial charge is 0.252 e. The Hall–Kier alpha value is -2.90. The van der Waals surface area contributed by atoms with Crippen LogP contribution in [0.1, 0.15) is 35.7 Å². The number of amides is 1. The zero-order chi connectivity index (χ0) is 18.1. The summed E-state index contributed by atoms with van der Waals surface area (Å²) < 4.78 is 28.3. The first-order valence-electron chi connectivity index (χ1n) is 7.77. The summed E-state index contributed by atoms with van der Waals surface area (Å²) in [6.07, 6.45) is -0.0605. The molecule has 1 atom stereocenters. The predicted molar refractivity (Wildman–Crippen MR) is 86.9 cm³/mol. The minimum Gasteiger partial charge on any atom is -0.349 e. The minimum absolute atomic E-state index is 0.0605. The zero-order valence-corrected chi connectivity index (χ0v) is 14.0. The van der Waals surface area contributed by atoms with E-state index in [2.05, 4.69) is 20.4 Å². The summed E-state index contributed by atoms with van der Waals surface area (Å²) >= 11 is 0. The number of aryl methyl sites for hydroxylation is 2. The van der Waals surface area contributed by atoms with Crippen molar-refractivity contribution in [3.05, 3.63) is 58.7 Å². The topological polar surface area (TPSA) is 72.2 Å². The Morgan fingerprint density at radius 1 is 1.24 bits per heavy atom. The van der Waals surface area contributed by atoms with Crippen molar-refractivity contribution < 1.29 is 13.6 Å². The molecule has 1 unspecified atom stereocenters. The highest BCUT2D eigenvalue weighted by Crippen LogP contribution is 2.17. The van der Waals surface area contributed by atoms with Crippen molar-refractivity contribution in [1.29, 1.82) is 0 Å². The maximum Gasteiger partial charge on any atom is 0.252 e. The highest BCUT2D eigenvalue weighted by Gasteiger charge is 2.17. The molecule has 1 aromatic carbocycles. The van der Waals surface area contributed by atoms with E-state index < -0.39 is 17.7 Å². The third kappa shape index (κ3) is 3.62. The van der Waals surface area contributed by atoms with Gasteiger partial charge in [0.05, 0.1) is 12.5 Å². The molecule has 0 spiro atoms. The van der Waals surface area contributed by atoms with Gasteiger partial charge in [0.2, 0.25) is 5.91 Å². The molecular weight excluding hydrogens is 328 g/mol. The van der Waals surface area contributed by atoms with E-state index in [0.29, 0.717) is 11.6 Å². The molecule has 3 rings (SSSR count). The number of carbonyl (C=O) groups excluding carboxylic acids is 1. The summed E-state index contributed by atoms with van der Waals surface area (Å²) in [6, 6.07) is 4.52. The lowest BCUT2D eigenvalue weighted by atomic mass is 10.1. The molecule has 3 aromatic rings. The normalized spacial score (nSPS) is 12.4. The lowest BCUT2D eigenvalue weighted by molar-refractivity contribution is -0.121. The molecule has 0 bridgehead atoms. The van der Waals surface area contributed by atoms with Crippen LogP contribution >= 0.6 is 0 Å². The number of hydrogen-bond donors (Lipinski definition) is 1. The second-order valence-corrected chi connectivity index (χ2v) is 5.91. The van der Waals surface area contributed by atoms with Crippen LogP contribution in [-0.2, 0) is 11.2 Å². The van der Waals surface area contributed by atoms with Crippen LogP contribution in [0, 0.1) is 25.5 Å². The van der Waals surface area contributed by atoms with Crippen molar-refractivity contribution >= 4 is 11.7 Å². The van der Waals surface area contributed by atoms with Crippen LogP contribution in [0.25, 0.3) is 5.78 Å². The van der Waals surface area contributed by atoms with Crippen LogP contribution in [0.2, 0.25) is 0 Å². The Balaban J connectivity index is 1.73. The number of aromatic nitrogens is 4. The van der Waals surface area contributed by atoms with Crippen molar-refractivity contribution in [2.45, 2.75) is 33.2 Å². The Bertz CT molecular complexity index is 954. The number of fused-ring (bicyclic) bond motifs is 1. The first-order chi connectivity index (χ1) is 11.8. The van der Waals surface area contributed by atoms with Gasteiger partial charge in [0, 0.05) is 23.0 Å². The molecule has 0 aliphatic rings. The number of rotatable bonds is 4. The van der Waals surface area contributed by atoms with Crippen molar-refractivity contribution in [3.63, 3.8) is 0 Å². The van der Waals surface area contributed by atoms with E-state index in [1.54, 1.807) is 11.4 Å². The molecule has 0 saturated carbocycles. The zero-order valence-electron chi connectivity index (χ0n) is 14.0. The number of nitrogens with zero attached hydrogens (tertiary/aromatic N) is 4. The van der Waals surface area contributed by atoms with Crippen LogP contribution in [0.15, 0.2) is 24.3 Å². The molecule has 2 heterocycles. The minimum atomic E-state index is -0.700. The molecule has 25 heavy (non-hydrogen) atoms. The van der Waals surface area contributed by atoms with Crippen LogP contribution in [0.5, 0.6) is 0 Å². The van der Waals surface area contributed by atoms with Gasteiger partial charge in [-0.25, -0.2) is 18.3 Å². The second-order valence-electron chi connectivity index (χ2n) is 5.91. The molecule has 0 aliphatic carbocycles. The quantitative estimate of drug-likeness (QED) is 0.788. The lowest BCUT2D eigenvalue weighted by Crippen LogP contribution is -2.29. The summed E-state index contributed by atoms with van der Waals surface area (Å²) in [5, 5.41) is 6.93. The second kappa shape index (κ2) is 6.54. The van der Waals surface area contributed by atoms with Gasteiger partial charge >= 0.3 is 0 Å². The Labute approximate surface area is 142 Å². The van der Waals surface area contributed by atoms with Crippen LogP contribution < -0.4 is 5.32 Å². The lowest BCUT2D eigenvalue weighted by Gasteiger charge is -2.14. The maximum absolute atomic E-state index is 13.8. The number of nitrogens with one attached hydrogen (secondary N) is 1. The highest BCUT2D eigenvalue weighted by molar-refractivity contribution is 5.78. The fourth-order valence-corrected chi connectivity index (χ4v) is 2.65. The number of carbonyl (C=O) groups is 1. The van der Waals surface area contributed by atoms with Gasteiger partial charge in [-0.2, -0.15) is 4.98 Å². The van der Waals surface area contributed by atoms with Gasteiger partial charge in [0.25, 0.3) is 5.78 Å². The van der Waals surface area contributed by atoms with Gasteiger partial charge in [0.15, 0.2) is 5.82 Å². The van der Waals surface area contributed by atoms with E-state index in [9.17, 15) is 13.6 Å². The van der Waals surface area contributed by atoms with Crippen molar-refractivity contribution in [2.24, 2.45) is 0 Å². The van der Waals surface area contributed by atoms with Crippen molar-refractivity contribution in [3.8, 4) is 0 Å². The number of hydrogen-bond acceptors (Lipinski definition) is 4. The van der Waals surface area contributed by atoms with Gasteiger partial charge in [-0.1, -0.05) is 6.07 Å². The molecule has 0 fully saturated rings. The molecule has 130 valence electrons. The molecule has 0 saturated heterocycles. The molecule has 6 nitrogen and oxygen atoms in total. The monoisotopic (exact) mass is 345 g/mol. The third-order valence-corrected chi connectivity index (χ3v) is 3.79. The fraction of sp³-hybridized carbons (Fsp3) is 0.294. The van der Waals surface area contributed by atoms with Crippen molar-refractivity contribution in [2.75, 3.05) is 0 Å². The van der Waals surface area contributed by atoms with Gasteiger partial charge in [0.1, 0.15) is 11.6 Å². The van der Waals surface area contributed by atoms with Gasteiger partial charge < -0.3 is 5.32 Å². The molecule has 0 radical (unpaired) electrons. The first-order valence-corrected chi connectivity index (χ1v) is 7.77. The largest absolute Gasteiger partial charge is 0.349 e. The number of halogens is 2. The molecule has 1 amide bonds. The van der Waals surface area contributed by atoms with E-state index in [-0.39, 0.29) is 17.9 Å². The average Bonchev–Trinajstić information content (AvgIpc) is 2.89. The standard InChI is InChI=1S/C17H17F2N5O/c1-9-6-10(2)24-17(20-9)22-15(23-24)8-16(25)21-11(3)13-5-4-12(18)7-14(13)19/h4-7,11H,8H2,1-3H3,(H,21,25).